The summed E-state index contributed by atoms with van der Waals surface area (Å²) in [5.41, 5.74) is 1.15. The Labute approximate surface area is 105 Å². The molecule has 1 rings (SSSR count). The van der Waals surface area contributed by atoms with Crippen molar-refractivity contribution in [3.8, 4) is 0 Å². The topological polar surface area (TPSA) is 12.0 Å². The first-order valence-electron chi connectivity index (χ1n) is 5.00. The van der Waals surface area contributed by atoms with E-state index in [1.54, 1.807) is 0 Å². The summed E-state index contributed by atoms with van der Waals surface area (Å²) >= 11 is 9.41. The zero-order valence-corrected chi connectivity index (χ0v) is 11.1. The first-order chi connectivity index (χ1) is 7.19. The lowest BCUT2D eigenvalue weighted by Gasteiger charge is -2.15. The second-order valence-corrected chi connectivity index (χ2v) is 4.60. The Morgan fingerprint density at radius 1 is 1.60 bits per heavy atom. The second kappa shape index (κ2) is 6.31. The summed E-state index contributed by atoms with van der Waals surface area (Å²) in [6.07, 6.45) is 3.00. The van der Waals surface area contributed by atoms with Crippen LogP contribution in [0, 0.1) is 0 Å². The molecule has 0 radical (unpaired) electrons. The van der Waals surface area contributed by atoms with E-state index in [0.717, 1.165) is 28.0 Å². The van der Waals surface area contributed by atoms with Gasteiger partial charge in [-0.2, -0.15) is 0 Å². The van der Waals surface area contributed by atoms with Crippen LogP contribution in [0.3, 0.4) is 0 Å². The summed E-state index contributed by atoms with van der Waals surface area (Å²) in [6.45, 7) is 6.94. The van der Waals surface area contributed by atoms with Crippen molar-refractivity contribution >= 4 is 27.5 Å². The van der Waals surface area contributed by atoms with Crippen LogP contribution in [0.4, 0.5) is 0 Å². The molecule has 15 heavy (non-hydrogen) atoms. The van der Waals surface area contributed by atoms with E-state index in [0.29, 0.717) is 0 Å². The van der Waals surface area contributed by atoms with Crippen LogP contribution in [-0.2, 0) is 0 Å². The third-order valence-electron chi connectivity index (χ3n) is 2.15. The van der Waals surface area contributed by atoms with Gasteiger partial charge in [0.05, 0.1) is 11.1 Å². The van der Waals surface area contributed by atoms with Crippen molar-refractivity contribution in [1.82, 2.24) is 5.32 Å². The van der Waals surface area contributed by atoms with Crippen molar-refractivity contribution in [2.45, 2.75) is 19.4 Å². The van der Waals surface area contributed by atoms with Gasteiger partial charge in [0, 0.05) is 4.47 Å². The fraction of sp³-hybridized carbons (Fsp3) is 0.333. The average Bonchev–Trinajstić information content (AvgIpc) is 2.24. The Morgan fingerprint density at radius 3 is 2.87 bits per heavy atom. The molecule has 0 aliphatic heterocycles. The van der Waals surface area contributed by atoms with Crippen LogP contribution < -0.4 is 5.32 Å². The first kappa shape index (κ1) is 12.8. The van der Waals surface area contributed by atoms with Crippen LogP contribution in [-0.4, -0.2) is 6.54 Å². The van der Waals surface area contributed by atoms with Crippen LogP contribution in [0.2, 0.25) is 5.02 Å². The van der Waals surface area contributed by atoms with Crippen LogP contribution in [0.5, 0.6) is 0 Å². The van der Waals surface area contributed by atoms with Crippen LogP contribution in [0.1, 0.15) is 24.9 Å². The minimum Gasteiger partial charge on any atom is -0.307 e. The third-order valence-corrected chi connectivity index (χ3v) is 3.39. The summed E-state index contributed by atoms with van der Waals surface area (Å²) in [5, 5.41) is 4.12. The van der Waals surface area contributed by atoms with E-state index >= 15 is 0 Å². The van der Waals surface area contributed by atoms with Gasteiger partial charge in [0.1, 0.15) is 0 Å². The second-order valence-electron chi connectivity index (χ2n) is 3.34. The summed E-state index contributed by atoms with van der Waals surface area (Å²) in [7, 11) is 0. The van der Waals surface area contributed by atoms with E-state index in [1.807, 2.05) is 24.3 Å². The zero-order chi connectivity index (χ0) is 11.3. The van der Waals surface area contributed by atoms with Crippen LogP contribution in [0.15, 0.2) is 35.3 Å². The van der Waals surface area contributed by atoms with E-state index in [2.05, 4.69) is 34.7 Å². The molecule has 0 aliphatic rings. The summed E-state index contributed by atoms with van der Waals surface area (Å²) < 4.78 is 0.922. The molecule has 3 heteroatoms. The Morgan fingerprint density at radius 2 is 2.33 bits per heavy atom. The van der Waals surface area contributed by atoms with Crippen molar-refractivity contribution in [3.05, 3.63) is 45.9 Å². The molecule has 1 nitrogen and oxygen atoms in total. The molecule has 0 heterocycles. The highest BCUT2D eigenvalue weighted by Crippen LogP contribution is 2.26. The van der Waals surface area contributed by atoms with Gasteiger partial charge in [-0.25, -0.2) is 0 Å². The summed E-state index contributed by atoms with van der Waals surface area (Å²) in [6, 6.07) is 6.14. The average molecular weight is 289 g/mol. The number of halogens is 2. The molecule has 82 valence electrons. The van der Waals surface area contributed by atoms with E-state index in [1.165, 1.54) is 0 Å². The molecule has 1 aromatic rings. The number of hydrogen-bond donors (Lipinski definition) is 1. The molecule has 0 saturated carbocycles. The maximum absolute atomic E-state index is 6.04. The van der Waals surface area contributed by atoms with Gasteiger partial charge >= 0.3 is 0 Å². The van der Waals surface area contributed by atoms with E-state index in [4.69, 9.17) is 11.6 Å². The Balaban J connectivity index is 2.82. The molecular weight excluding hydrogens is 273 g/mol. The molecule has 1 atom stereocenters. The summed E-state index contributed by atoms with van der Waals surface area (Å²) in [5.74, 6) is 0. The molecular formula is C12H15BrClN. The molecule has 1 unspecified atom stereocenters. The predicted octanol–water partition coefficient (Wildman–Crippen LogP) is 4.33. The quantitative estimate of drug-likeness (QED) is 0.795. The van der Waals surface area contributed by atoms with Crippen molar-refractivity contribution in [3.63, 3.8) is 0 Å². The highest BCUT2D eigenvalue weighted by atomic mass is 79.9. The lowest BCUT2D eigenvalue weighted by Crippen LogP contribution is -2.20. The molecule has 0 fully saturated rings. The van der Waals surface area contributed by atoms with E-state index < -0.39 is 0 Å². The largest absolute Gasteiger partial charge is 0.307 e. The summed E-state index contributed by atoms with van der Waals surface area (Å²) in [4.78, 5) is 0. The zero-order valence-electron chi connectivity index (χ0n) is 8.76. The number of rotatable bonds is 5. The molecule has 0 aromatic heterocycles. The van der Waals surface area contributed by atoms with Crippen LogP contribution in [0.25, 0.3) is 0 Å². The molecule has 0 aliphatic carbocycles. The number of nitrogens with one attached hydrogen (secondary N) is 1. The molecule has 0 spiro atoms. The van der Waals surface area contributed by atoms with Gasteiger partial charge in [-0.05, 0) is 46.6 Å². The maximum atomic E-state index is 6.04. The SMILES string of the molecule is C=CC(NCCC)c1ccc(Br)c(Cl)c1. The predicted molar refractivity (Wildman–Crippen MR) is 70.4 cm³/mol. The molecule has 0 amide bonds. The van der Waals surface area contributed by atoms with Gasteiger partial charge in [-0.15, -0.1) is 6.58 Å². The lowest BCUT2D eigenvalue weighted by atomic mass is 10.1. The standard InChI is InChI=1S/C12H15BrClN/c1-3-7-15-12(4-2)9-5-6-10(13)11(14)8-9/h4-6,8,12,15H,2-3,7H2,1H3. The highest BCUT2D eigenvalue weighted by molar-refractivity contribution is 9.10. The smallest absolute Gasteiger partial charge is 0.0551 e. The lowest BCUT2D eigenvalue weighted by molar-refractivity contribution is 0.613. The Hall–Kier alpha value is -0.310. The van der Waals surface area contributed by atoms with Crippen molar-refractivity contribution in [2.75, 3.05) is 6.54 Å². The molecule has 0 bridgehead atoms. The van der Waals surface area contributed by atoms with E-state index in [9.17, 15) is 0 Å². The van der Waals surface area contributed by atoms with Crippen molar-refractivity contribution in [2.24, 2.45) is 0 Å². The van der Waals surface area contributed by atoms with Crippen molar-refractivity contribution in [1.29, 1.82) is 0 Å². The molecule has 0 saturated heterocycles. The van der Waals surface area contributed by atoms with Crippen molar-refractivity contribution < 1.29 is 0 Å². The van der Waals surface area contributed by atoms with E-state index in [-0.39, 0.29) is 6.04 Å². The van der Waals surface area contributed by atoms with Gasteiger partial charge in [0.25, 0.3) is 0 Å². The van der Waals surface area contributed by atoms with Gasteiger partial charge in [0.15, 0.2) is 0 Å². The Bertz CT molecular complexity index is 338. The number of benzene rings is 1. The van der Waals surface area contributed by atoms with Gasteiger partial charge < -0.3 is 5.32 Å². The third kappa shape index (κ3) is 3.63. The monoisotopic (exact) mass is 287 g/mol. The van der Waals surface area contributed by atoms with Gasteiger partial charge in [-0.1, -0.05) is 30.7 Å². The normalized spacial score (nSPS) is 12.5. The minimum atomic E-state index is 0.176. The highest BCUT2D eigenvalue weighted by Gasteiger charge is 2.07. The fourth-order valence-electron chi connectivity index (χ4n) is 1.34. The Kier molecular flexibility index (Phi) is 5.37. The van der Waals surface area contributed by atoms with Gasteiger partial charge in [-0.3, -0.25) is 0 Å². The van der Waals surface area contributed by atoms with Crippen LogP contribution >= 0.6 is 27.5 Å². The fourth-order valence-corrected chi connectivity index (χ4v) is 1.78. The number of hydrogen-bond acceptors (Lipinski definition) is 1. The first-order valence-corrected chi connectivity index (χ1v) is 6.17. The maximum Gasteiger partial charge on any atom is 0.0551 e. The van der Waals surface area contributed by atoms with Gasteiger partial charge in [0.2, 0.25) is 0 Å². The minimum absolute atomic E-state index is 0.176. The molecule has 1 aromatic carbocycles. The molecule has 1 N–H and O–H groups in total.